The zero-order valence-corrected chi connectivity index (χ0v) is 18.9. The molecule has 0 atom stereocenters. The Morgan fingerprint density at radius 3 is 2.42 bits per heavy atom. The molecular formula is C26H29N3O4. The molecule has 0 radical (unpaired) electrons. The number of rotatable bonds is 11. The second-order valence-corrected chi connectivity index (χ2v) is 7.12. The number of methoxy groups -OCH3 is 1. The third kappa shape index (κ3) is 7.57. The molecule has 2 amide bonds. The third-order valence-corrected chi connectivity index (χ3v) is 4.77. The maximum atomic E-state index is 12.0. The van der Waals surface area contributed by atoms with E-state index in [4.69, 9.17) is 14.2 Å². The average molecular weight is 448 g/mol. The van der Waals surface area contributed by atoms with Crippen LogP contribution in [0.4, 0.5) is 10.5 Å². The fourth-order valence-electron chi connectivity index (χ4n) is 3.04. The van der Waals surface area contributed by atoms with Gasteiger partial charge in [0, 0.05) is 17.7 Å². The number of carbonyl (C=O) groups excluding carboxylic acids is 1. The smallest absolute Gasteiger partial charge is 0.339 e. The molecule has 0 unspecified atom stereocenters. The van der Waals surface area contributed by atoms with Gasteiger partial charge in [0.25, 0.3) is 0 Å². The lowest BCUT2D eigenvalue weighted by Crippen LogP contribution is -2.24. The first-order chi connectivity index (χ1) is 16.2. The number of hydrogen-bond acceptors (Lipinski definition) is 5. The van der Waals surface area contributed by atoms with Gasteiger partial charge >= 0.3 is 6.03 Å². The first-order valence-electron chi connectivity index (χ1n) is 10.9. The van der Waals surface area contributed by atoms with Gasteiger partial charge in [0.15, 0.2) is 11.5 Å². The van der Waals surface area contributed by atoms with E-state index in [1.165, 1.54) is 11.8 Å². The number of ether oxygens (including phenoxy) is 3. The van der Waals surface area contributed by atoms with E-state index in [-0.39, 0.29) is 0 Å². The zero-order chi connectivity index (χ0) is 23.3. The number of anilines is 1. The van der Waals surface area contributed by atoms with Crippen LogP contribution in [0.2, 0.25) is 0 Å². The third-order valence-electron chi connectivity index (χ3n) is 4.77. The van der Waals surface area contributed by atoms with Crippen molar-refractivity contribution in [3.8, 4) is 17.2 Å². The number of aryl methyl sites for hydroxylation is 1. The second kappa shape index (κ2) is 12.8. The number of nitrogens with zero attached hydrogens (tertiary/aromatic N) is 1. The number of para-hydroxylation sites is 2. The molecule has 3 rings (SSSR count). The largest absolute Gasteiger partial charge is 0.493 e. The molecule has 3 aromatic carbocycles. The van der Waals surface area contributed by atoms with E-state index >= 15 is 0 Å². The summed E-state index contributed by atoms with van der Waals surface area (Å²) in [6.07, 6.45) is 3.22. The molecule has 3 aromatic rings. The molecule has 2 N–H and O–H groups in total. The van der Waals surface area contributed by atoms with Crippen molar-refractivity contribution < 1.29 is 19.0 Å². The summed E-state index contributed by atoms with van der Waals surface area (Å²) in [5, 5.41) is 6.72. The van der Waals surface area contributed by atoms with Crippen LogP contribution >= 0.6 is 0 Å². The number of amides is 2. The molecule has 0 saturated carbocycles. The van der Waals surface area contributed by atoms with Crippen molar-refractivity contribution in [2.75, 3.05) is 25.6 Å². The fourth-order valence-corrected chi connectivity index (χ4v) is 3.04. The number of nitrogens with one attached hydrogen (secondary N) is 2. The number of urea groups is 1. The van der Waals surface area contributed by atoms with Crippen molar-refractivity contribution in [1.29, 1.82) is 0 Å². The molecular weight excluding hydrogens is 418 g/mol. The molecule has 7 nitrogen and oxygen atoms in total. The molecule has 0 heterocycles. The summed E-state index contributed by atoms with van der Waals surface area (Å²) < 4.78 is 17.2. The van der Waals surface area contributed by atoms with E-state index < -0.39 is 6.03 Å². The van der Waals surface area contributed by atoms with E-state index in [9.17, 15) is 4.79 Å². The Balaban J connectivity index is 1.51. The predicted molar refractivity (Wildman–Crippen MR) is 131 cm³/mol. The molecule has 0 bridgehead atoms. The van der Waals surface area contributed by atoms with E-state index in [1.54, 1.807) is 19.2 Å². The summed E-state index contributed by atoms with van der Waals surface area (Å²) in [5.74, 6) is 1.99. The Labute approximate surface area is 194 Å². The highest BCUT2D eigenvalue weighted by Crippen LogP contribution is 2.30. The van der Waals surface area contributed by atoms with Gasteiger partial charge in [0.2, 0.25) is 0 Å². The maximum Gasteiger partial charge on any atom is 0.339 e. The van der Waals surface area contributed by atoms with Gasteiger partial charge in [-0.1, -0.05) is 43.3 Å². The van der Waals surface area contributed by atoms with Crippen LogP contribution in [0.5, 0.6) is 17.2 Å². The van der Waals surface area contributed by atoms with E-state index in [0.29, 0.717) is 42.4 Å². The highest BCUT2D eigenvalue weighted by Gasteiger charge is 2.09. The van der Waals surface area contributed by atoms with Gasteiger partial charge in [-0.05, 0) is 48.4 Å². The Morgan fingerprint density at radius 1 is 0.939 bits per heavy atom. The first-order valence-corrected chi connectivity index (χ1v) is 10.9. The summed E-state index contributed by atoms with van der Waals surface area (Å²) in [4.78, 5) is 12.0. The van der Waals surface area contributed by atoms with Crippen LogP contribution in [-0.2, 0) is 6.42 Å². The molecule has 0 aromatic heterocycles. The van der Waals surface area contributed by atoms with E-state index in [2.05, 4.69) is 34.9 Å². The number of carbonyl (C=O) groups is 1. The normalized spacial score (nSPS) is 10.6. The quantitative estimate of drug-likeness (QED) is 0.239. The van der Waals surface area contributed by atoms with Crippen molar-refractivity contribution in [3.05, 3.63) is 83.9 Å². The Kier molecular flexibility index (Phi) is 9.15. The molecule has 33 heavy (non-hydrogen) atoms. The number of hydrazone groups is 1. The molecule has 172 valence electrons. The summed E-state index contributed by atoms with van der Waals surface area (Å²) >= 11 is 0. The first kappa shape index (κ1) is 23.7. The molecule has 0 saturated heterocycles. The van der Waals surface area contributed by atoms with Crippen LogP contribution in [-0.4, -0.2) is 32.6 Å². The van der Waals surface area contributed by atoms with Crippen LogP contribution < -0.4 is 25.0 Å². The average Bonchev–Trinajstić information content (AvgIpc) is 2.85. The van der Waals surface area contributed by atoms with Gasteiger partial charge in [0.05, 0.1) is 26.5 Å². The summed E-state index contributed by atoms with van der Waals surface area (Å²) in [7, 11) is 1.58. The van der Waals surface area contributed by atoms with E-state index in [1.807, 2.05) is 48.5 Å². The topological polar surface area (TPSA) is 81.2 Å². The molecule has 0 spiro atoms. The zero-order valence-electron chi connectivity index (χ0n) is 18.9. The Hall–Kier alpha value is -4.00. The minimum absolute atomic E-state index is 0.438. The van der Waals surface area contributed by atoms with Crippen molar-refractivity contribution in [1.82, 2.24) is 5.43 Å². The lowest BCUT2D eigenvalue weighted by molar-refractivity contribution is 0.240. The predicted octanol–water partition coefficient (Wildman–Crippen LogP) is 5.26. The lowest BCUT2D eigenvalue weighted by atomic mass is 10.2. The maximum absolute atomic E-state index is 12.0. The van der Waals surface area contributed by atoms with Crippen molar-refractivity contribution in [3.63, 3.8) is 0 Å². The standard InChI is InChI=1S/C26H29N3O4/c1-3-20-13-15-23(16-14-20)32-17-8-18-33-25-21(9-7-12-24(25)31-2)19-27-29-26(30)28-22-10-5-4-6-11-22/h4-7,9-16,19H,3,8,17-18H2,1-2H3,(H2,28,29,30). The SMILES string of the molecule is CCc1ccc(OCCCOc2c(C=NNC(=O)Nc3ccccc3)cccc2OC)cc1. The number of benzene rings is 3. The highest BCUT2D eigenvalue weighted by atomic mass is 16.5. The molecule has 0 fully saturated rings. The van der Waals surface area contributed by atoms with Crippen molar-refractivity contribution >= 4 is 17.9 Å². The Morgan fingerprint density at radius 2 is 1.70 bits per heavy atom. The summed E-state index contributed by atoms with van der Waals surface area (Å²) in [6.45, 7) is 3.10. The van der Waals surface area contributed by atoms with Crippen molar-refractivity contribution in [2.45, 2.75) is 19.8 Å². The van der Waals surface area contributed by atoms with Crippen LogP contribution in [0.1, 0.15) is 24.5 Å². The van der Waals surface area contributed by atoms with Gasteiger partial charge < -0.3 is 19.5 Å². The minimum Gasteiger partial charge on any atom is -0.493 e. The molecule has 0 aliphatic heterocycles. The monoisotopic (exact) mass is 447 g/mol. The van der Waals surface area contributed by atoms with Gasteiger partial charge in [0.1, 0.15) is 5.75 Å². The van der Waals surface area contributed by atoms with Crippen LogP contribution in [0.3, 0.4) is 0 Å². The van der Waals surface area contributed by atoms with Gasteiger partial charge in [-0.3, -0.25) is 0 Å². The second-order valence-electron chi connectivity index (χ2n) is 7.12. The van der Waals surface area contributed by atoms with Crippen molar-refractivity contribution in [2.24, 2.45) is 5.10 Å². The van der Waals surface area contributed by atoms with Gasteiger partial charge in [-0.15, -0.1) is 0 Å². The van der Waals surface area contributed by atoms with Crippen LogP contribution in [0.15, 0.2) is 77.9 Å². The highest BCUT2D eigenvalue weighted by molar-refractivity contribution is 5.91. The molecule has 7 heteroatoms. The summed E-state index contributed by atoms with van der Waals surface area (Å²) in [5.41, 5.74) is 5.10. The van der Waals surface area contributed by atoms with E-state index in [0.717, 1.165) is 12.2 Å². The van der Waals surface area contributed by atoms with Gasteiger partial charge in [-0.2, -0.15) is 5.10 Å². The number of hydrogen-bond donors (Lipinski definition) is 2. The van der Waals surface area contributed by atoms with Crippen LogP contribution in [0.25, 0.3) is 0 Å². The molecule has 0 aliphatic carbocycles. The molecule has 0 aliphatic rings. The Bertz CT molecular complexity index is 1040. The minimum atomic E-state index is -0.438. The fraction of sp³-hybridized carbons (Fsp3) is 0.231. The van der Waals surface area contributed by atoms with Crippen LogP contribution in [0, 0.1) is 0 Å². The summed E-state index contributed by atoms with van der Waals surface area (Å²) in [6, 6.07) is 22.3. The van der Waals surface area contributed by atoms with Gasteiger partial charge in [-0.25, -0.2) is 10.2 Å². The lowest BCUT2D eigenvalue weighted by Gasteiger charge is -2.13.